The summed E-state index contributed by atoms with van der Waals surface area (Å²) in [6.07, 6.45) is 3.14. The third-order valence-corrected chi connectivity index (χ3v) is 4.02. The van der Waals surface area contributed by atoms with Gasteiger partial charge in [-0.25, -0.2) is 4.79 Å². The van der Waals surface area contributed by atoms with Crippen LogP contribution in [-0.2, 0) is 0 Å². The molecule has 2 atom stereocenters. The highest BCUT2D eigenvalue weighted by atomic mass is 35.5. The van der Waals surface area contributed by atoms with Gasteiger partial charge in [-0.15, -0.1) is 0 Å². The lowest BCUT2D eigenvalue weighted by Gasteiger charge is -2.20. The fourth-order valence-corrected chi connectivity index (χ4v) is 2.77. The van der Waals surface area contributed by atoms with Crippen molar-refractivity contribution in [3.05, 3.63) is 28.2 Å². The Kier molecular flexibility index (Phi) is 4.91. The summed E-state index contributed by atoms with van der Waals surface area (Å²) in [6.45, 7) is 0.600. The minimum atomic E-state index is -0.269. The molecule has 4 nitrogen and oxygen atoms in total. The van der Waals surface area contributed by atoms with E-state index in [0.717, 1.165) is 19.3 Å². The van der Waals surface area contributed by atoms with Gasteiger partial charge in [0.2, 0.25) is 0 Å². The summed E-state index contributed by atoms with van der Waals surface area (Å²) in [7, 11) is 0. The molecule has 104 valence electrons. The number of rotatable bonds is 3. The van der Waals surface area contributed by atoms with E-state index in [9.17, 15) is 4.79 Å². The molecule has 0 bridgehead atoms. The Bertz CT molecular complexity index is 467. The van der Waals surface area contributed by atoms with E-state index in [1.165, 1.54) is 0 Å². The number of hydrogen-bond donors (Lipinski definition) is 3. The molecular weight excluding hydrogens is 285 g/mol. The van der Waals surface area contributed by atoms with Crippen molar-refractivity contribution < 1.29 is 4.79 Å². The normalized spacial score (nSPS) is 22.3. The third kappa shape index (κ3) is 3.75. The predicted molar refractivity (Wildman–Crippen MR) is 78.8 cm³/mol. The molecule has 1 saturated carbocycles. The Balaban J connectivity index is 1.95. The number of anilines is 1. The molecule has 2 unspecified atom stereocenters. The maximum Gasteiger partial charge on any atom is 0.319 e. The Labute approximate surface area is 122 Å². The summed E-state index contributed by atoms with van der Waals surface area (Å²) < 4.78 is 0. The molecule has 4 N–H and O–H groups in total. The van der Waals surface area contributed by atoms with Gasteiger partial charge < -0.3 is 16.4 Å². The molecule has 6 heteroatoms. The minimum Gasteiger partial charge on any atom is -0.335 e. The van der Waals surface area contributed by atoms with Crippen molar-refractivity contribution >= 4 is 34.9 Å². The van der Waals surface area contributed by atoms with Crippen LogP contribution in [0.5, 0.6) is 0 Å². The monoisotopic (exact) mass is 301 g/mol. The number of urea groups is 1. The number of amides is 2. The first-order valence-corrected chi connectivity index (χ1v) is 7.08. The van der Waals surface area contributed by atoms with Gasteiger partial charge in [-0.3, -0.25) is 0 Å². The Hall–Kier alpha value is -0.970. The average molecular weight is 302 g/mol. The molecule has 0 aliphatic heterocycles. The zero-order chi connectivity index (χ0) is 13.8. The van der Waals surface area contributed by atoms with E-state index in [2.05, 4.69) is 10.6 Å². The molecule has 1 fully saturated rings. The minimum absolute atomic E-state index is 0.142. The van der Waals surface area contributed by atoms with Gasteiger partial charge in [-0.2, -0.15) is 0 Å². The molecule has 0 heterocycles. The molecule has 2 rings (SSSR count). The highest BCUT2D eigenvalue weighted by molar-refractivity contribution is 6.35. The van der Waals surface area contributed by atoms with Crippen molar-refractivity contribution in [2.24, 2.45) is 11.7 Å². The van der Waals surface area contributed by atoms with Crippen LogP contribution in [0.1, 0.15) is 19.3 Å². The molecule has 0 saturated heterocycles. The number of hydrogen-bond acceptors (Lipinski definition) is 2. The summed E-state index contributed by atoms with van der Waals surface area (Å²) in [6, 6.07) is 4.82. The van der Waals surface area contributed by atoms with Crippen molar-refractivity contribution in [3.63, 3.8) is 0 Å². The van der Waals surface area contributed by atoms with Gasteiger partial charge >= 0.3 is 6.03 Å². The SMILES string of the molecule is NCC1CCCC1NC(=O)Nc1cc(Cl)ccc1Cl. The zero-order valence-corrected chi connectivity index (χ0v) is 12.0. The highest BCUT2D eigenvalue weighted by Gasteiger charge is 2.27. The molecule has 1 aromatic carbocycles. The number of carbonyl (C=O) groups is 1. The number of carbonyl (C=O) groups excluding carboxylic acids is 1. The Morgan fingerprint density at radius 3 is 2.89 bits per heavy atom. The van der Waals surface area contributed by atoms with Gasteiger partial charge in [0.1, 0.15) is 0 Å². The zero-order valence-electron chi connectivity index (χ0n) is 10.5. The molecule has 0 spiro atoms. The fourth-order valence-electron chi connectivity index (χ4n) is 2.43. The van der Waals surface area contributed by atoms with Gasteiger partial charge in [0.15, 0.2) is 0 Å². The van der Waals surface area contributed by atoms with E-state index in [1.807, 2.05) is 0 Å². The molecule has 0 radical (unpaired) electrons. The first kappa shape index (κ1) is 14.4. The standard InChI is InChI=1S/C13H17Cl2N3O/c14-9-4-5-10(15)12(6-9)18-13(19)17-11-3-1-2-8(11)7-16/h4-6,8,11H,1-3,7,16H2,(H2,17,18,19). The maximum absolute atomic E-state index is 11.9. The van der Waals surface area contributed by atoms with Crippen LogP contribution >= 0.6 is 23.2 Å². The molecule has 19 heavy (non-hydrogen) atoms. The molecular formula is C13H17Cl2N3O. The van der Waals surface area contributed by atoms with Crippen molar-refractivity contribution in [2.75, 3.05) is 11.9 Å². The van der Waals surface area contributed by atoms with Gasteiger partial charge in [0, 0.05) is 11.1 Å². The van der Waals surface area contributed by atoms with E-state index in [4.69, 9.17) is 28.9 Å². The Morgan fingerprint density at radius 2 is 2.16 bits per heavy atom. The van der Waals surface area contributed by atoms with Crippen LogP contribution in [0.25, 0.3) is 0 Å². The lowest BCUT2D eigenvalue weighted by molar-refractivity contribution is 0.245. The van der Waals surface area contributed by atoms with E-state index in [1.54, 1.807) is 18.2 Å². The number of benzene rings is 1. The van der Waals surface area contributed by atoms with Crippen LogP contribution in [-0.4, -0.2) is 18.6 Å². The van der Waals surface area contributed by atoms with Crippen molar-refractivity contribution in [1.82, 2.24) is 5.32 Å². The summed E-state index contributed by atoms with van der Waals surface area (Å²) in [4.78, 5) is 11.9. The van der Waals surface area contributed by atoms with Crippen LogP contribution in [0.2, 0.25) is 10.0 Å². The summed E-state index contributed by atoms with van der Waals surface area (Å²) in [5, 5.41) is 6.65. The summed E-state index contributed by atoms with van der Waals surface area (Å²) in [5.41, 5.74) is 6.19. The van der Waals surface area contributed by atoms with Crippen LogP contribution in [0.3, 0.4) is 0 Å². The number of nitrogens with two attached hydrogens (primary N) is 1. The van der Waals surface area contributed by atoms with Gasteiger partial charge in [-0.1, -0.05) is 29.6 Å². The second kappa shape index (κ2) is 6.46. The fraction of sp³-hybridized carbons (Fsp3) is 0.462. The first-order chi connectivity index (χ1) is 9.10. The molecule has 0 aromatic heterocycles. The van der Waals surface area contributed by atoms with E-state index in [0.29, 0.717) is 28.2 Å². The topological polar surface area (TPSA) is 67.1 Å². The molecule has 1 aliphatic carbocycles. The predicted octanol–water partition coefficient (Wildman–Crippen LogP) is 3.24. The van der Waals surface area contributed by atoms with Crippen molar-refractivity contribution in [1.29, 1.82) is 0 Å². The molecule has 1 aliphatic rings. The lowest BCUT2D eigenvalue weighted by atomic mass is 10.0. The molecule has 1 aromatic rings. The van der Waals surface area contributed by atoms with Crippen LogP contribution < -0.4 is 16.4 Å². The van der Waals surface area contributed by atoms with Crippen molar-refractivity contribution in [3.8, 4) is 0 Å². The van der Waals surface area contributed by atoms with Crippen LogP contribution in [0, 0.1) is 5.92 Å². The van der Waals surface area contributed by atoms with E-state index < -0.39 is 0 Å². The first-order valence-electron chi connectivity index (χ1n) is 6.33. The summed E-state index contributed by atoms with van der Waals surface area (Å²) >= 11 is 11.9. The Morgan fingerprint density at radius 1 is 1.37 bits per heavy atom. The van der Waals surface area contributed by atoms with Gasteiger partial charge in [-0.05, 0) is 43.5 Å². The third-order valence-electron chi connectivity index (χ3n) is 3.45. The average Bonchev–Trinajstić information content (AvgIpc) is 2.81. The lowest BCUT2D eigenvalue weighted by Crippen LogP contribution is -2.42. The van der Waals surface area contributed by atoms with E-state index in [-0.39, 0.29) is 12.1 Å². The second-order valence-corrected chi connectivity index (χ2v) is 5.60. The number of nitrogens with one attached hydrogen (secondary N) is 2. The smallest absolute Gasteiger partial charge is 0.319 e. The van der Waals surface area contributed by atoms with Crippen LogP contribution in [0.4, 0.5) is 10.5 Å². The second-order valence-electron chi connectivity index (χ2n) is 4.76. The van der Waals surface area contributed by atoms with E-state index >= 15 is 0 Å². The largest absolute Gasteiger partial charge is 0.335 e. The number of halogens is 2. The van der Waals surface area contributed by atoms with Gasteiger partial charge in [0.05, 0.1) is 10.7 Å². The van der Waals surface area contributed by atoms with Crippen molar-refractivity contribution in [2.45, 2.75) is 25.3 Å². The van der Waals surface area contributed by atoms with Crippen LogP contribution in [0.15, 0.2) is 18.2 Å². The molecule has 2 amide bonds. The quantitative estimate of drug-likeness (QED) is 0.802. The van der Waals surface area contributed by atoms with Gasteiger partial charge in [0.25, 0.3) is 0 Å². The summed E-state index contributed by atoms with van der Waals surface area (Å²) in [5.74, 6) is 0.362. The maximum atomic E-state index is 11.9. The highest BCUT2D eigenvalue weighted by Crippen LogP contribution is 2.27.